The summed E-state index contributed by atoms with van der Waals surface area (Å²) in [6.45, 7) is 0.362. The Morgan fingerprint density at radius 2 is 2.00 bits per heavy atom. The Morgan fingerprint density at radius 3 is 2.52 bits per heavy atom. The summed E-state index contributed by atoms with van der Waals surface area (Å²) in [6.07, 6.45) is 2.85. The van der Waals surface area contributed by atoms with Gasteiger partial charge in [-0.3, -0.25) is 4.99 Å². The first-order valence-corrected chi connectivity index (χ1v) is 7.85. The number of halogens is 3. The van der Waals surface area contributed by atoms with Gasteiger partial charge in [0.05, 0.1) is 17.0 Å². The molecule has 0 unspecified atom stereocenters. The second kappa shape index (κ2) is 5.48. The predicted octanol–water partition coefficient (Wildman–Crippen LogP) is 3.13. The van der Waals surface area contributed by atoms with E-state index in [1.807, 2.05) is 0 Å². The molecule has 1 heterocycles. The Labute approximate surface area is 120 Å². The van der Waals surface area contributed by atoms with E-state index in [4.69, 9.17) is 0 Å². The number of dihydropyridines is 1. The lowest BCUT2D eigenvalue weighted by molar-refractivity contribution is -0.137. The van der Waals surface area contributed by atoms with Gasteiger partial charge in [-0.15, -0.1) is 0 Å². The van der Waals surface area contributed by atoms with E-state index in [0.29, 0.717) is 12.6 Å². The molecule has 3 nitrogen and oxygen atoms in total. The molecule has 0 radical (unpaired) electrons. The lowest BCUT2D eigenvalue weighted by atomic mass is 10.1. The Hall–Kier alpha value is -1.89. The van der Waals surface area contributed by atoms with Crippen LogP contribution in [0.4, 0.5) is 13.2 Å². The summed E-state index contributed by atoms with van der Waals surface area (Å²) in [5, 5.41) is 0. The standard InChI is InChI=1S/C14H12F3NO2S/c1-21(19,20)13-8-12(14(15,16)17)5-4-11(13)7-10-3-2-6-18-9-10/h2-8H,9H2,1H3. The van der Waals surface area contributed by atoms with Gasteiger partial charge in [-0.1, -0.05) is 12.1 Å². The number of aliphatic imine (C=N–C) groups is 1. The van der Waals surface area contributed by atoms with E-state index >= 15 is 0 Å². The zero-order valence-corrected chi connectivity index (χ0v) is 11.9. The van der Waals surface area contributed by atoms with Crippen molar-refractivity contribution < 1.29 is 21.6 Å². The smallest absolute Gasteiger partial charge is 0.288 e. The SMILES string of the molecule is CS(=O)(=O)c1cc(C(F)(F)F)ccc1C=C1C=CC=NC1. The van der Waals surface area contributed by atoms with Gasteiger partial charge in [0, 0.05) is 12.5 Å². The van der Waals surface area contributed by atoms with E-state index in [9.17, 15) is 21.6 Å². The number of sulfone groups is 1. The minimum absolute atomic E-state index is 0.224. The average Bonchev–Trinajstić information content (AvgIpc) is 2.38. The molecule has 1 aromatic carbocycles. The lowest BCUT2D eigenvalue weighted by Crippen LogP contribution is -2.08. The van der Waals surface area contributed by atoms with Crippen LogP contribution in [-0.4, -0.2) is 27.4 Å². The number of allylic oxidation sites excluding steroid dienone is 1. The van der Waals surface area contributed by atoms with Gasteiger partial charge in [0.25, 0.3) is 0 Å². The third-order valence-electron chi connectivity index (χ3n) is 2.86. The van der Waals surface area contributed by atoms with Gasteiger partial charge in [0.1, 0.15) is 0 Å². The minimum Gasteiger partial charge on any atom is -0.288 e. The number of hydrogen-bond donors (Lipinski definition) is 0. The van der Waals surface area contributed by atoms with Gasteiger partial charge in [-0.05, 0) is 35.4 Å². The van der Waals surface area contributed by atoms with Gasteiger partial charge >= 0.3 is 6.18 Å². The Bertz CT molecular complexity index is 744. The largest absolute Gasteiger partial charge is 0.416 e. The summed E-state index contributed by atoms with van der Waals surface area (Å²) in [6, 6.07) is 2.70. The first kappa shape index (κ1) is 15.5. The first-order valence-electron chi connectivity index (χ1n) is 5.96. The van der Waals surface area contributed by atoms with E-state index in [0.717, 1.165) is 17.9 Å². The van der Waals surface area contributed by atoms with Crippen LogP contribution < -0.4 is 0 Å². The van der Waals surface area contributed by atoms with E-state index < -0.39 is 21.6 Å². The molecule has 21 heavy (non-hydrogen) atoms. The van der Waals surface area contributed by atoms with Crippen LogP contribution in [0.2, 0.25) is 0 Å². The molecular formula is C14H12F3NO2S. The van der Waals surface area contributed by atoms with Crippen molar-refractivity contribution in [2.75, 3.05) is 12.8 Å². The molecule has 2 rings (SSSR count). The lowest BCUT2D eigenvalue weighted by Gasteiger charge is -2.11. The van der Waals surface area contributed by atoms with Crippen LogP contribution in [-0.2, 0) is 16.0 Å². The Balaban J connectivity index is 2.56. The van der Waals surface area contributed by atoms with Gasteiger partial charge < -0.3 is 0 Å². The quantitative estimate of drug-likeness (QED) is 0.842. The second-order valence-corrected chi connectivity index (χ2v) is 6.57. The Morgan fingerprint density at radius 1 is 1.29 bits per heavy atom. The van der Waals surface area contributed by atoms with Gasteiger partial charge in [-0.2, -0.15) is 13.2 Å². The monoisotopic (exact) mass is 315 g/mol. The summed E-state index contributed by atoms with van der Waals surface area (Å²) in [5.41, 5.74) is -0.0355. The van der Waals surface area contributed by atoms with Crippen molar-refractivity contribution in [1.82, 2.24) is 0 Å². The van der Waals surface area contributed by atoms with Gasteiger partial charge in [0.2, 0.25) is 0 Å². The molecular weight excluding hydrogens is 303 g/mol. The summed E-state index contributed by atoms with van der Waals surface area (Å²) < 4.78 is 61.6. The van der Waals surface area contributed by atoms with Crippen molar-refractivity contribution in [2.24, 2.45) is 4.99 Å². The molecule has 0 aromatic heterocycles. The molecule has 1 aliphatic rings. The summed E-state index contributed by atoms with van der Waals surface area (Å²) in [5.74, 6) is 0. The van der Waals surface area contributed by atoms with Crippen LogP contribution in [0, 0.1) is 0 Å². The zero-order chi connectivity index (χ0) is 15.7. The summed E-state index contributed by atoms with van der Waals surface area (Å²) in [7, 11) is -3.77. The molecule has 0 amide bonds. The minimum atomic E-state index is -4.58. The maximum Gasteiger partial charge on any atom is 0.416 e. The van der Waals surface area contributed by atoms with Gasteiger partial charge in [-0.25, -0.2) is 8.42 Å². The van der Waals surface area contributed by atoms with Crippen LogP contribution in [0.25, 0.3) is 6.08 Å². The van der Waals surface area contributed by atoms with E-state index in [-0.39, 0.29) is 10.5 Å². The molecule has 0 saturated heterocycles. The molecule has 7 heteroatoms. The van der Waals surface area contributed by atoms with Crippen molar-refractivity contribution in [2.45, 2.75) is 11.1 Å². The fraction of sp³-hybridized carbons (Fsp3) is 0.214. The van der Waals surface area contributed by atoms with Crippen LogP contribution in [0.5, 0.6) is 0 Å². The highest BCUT2D eigenvalue weighted by Crippen LogP contribution is 2.32. The number of alkyl halides is 3. The zero-order valence-electron chi connectivity index (χ0n) is 11.1. The summed E-state index contributed by atoms with van der Waals surface area (Å²) in [4.78, 5) is 3.65. The van der Waals surface area contributed by atoms with Crippen LogP contribution >= 0.6 is 0 Å². The van der Waals surface area contributed by atoms with Crippen molar-refractivity contribution >= 4 is 22.1 Å². The first-order chi connectivity index (χ1) is 9.68. The number of benzene rings is 1. The molecule has 0 bridgehead atoms. The Kier molecular flexibility index (Phi) is 4.04. The number of nitrogens with zero attached hydrogens (tertiary/aromatic N) is 1. The summed E-state index contributed by atoms with van der Waals surface area (Å²) >= 11 is 0. The molecule has 0 spiro atoms. The maximum atomic E-state index is 12.7. The molecule has 0 N–H and O–H groups in total. The van der Waals surface area contributed by atoms with Crippen LogP contribution in [0.15, 0.2) is 45.8 Å². The molecule has 0 atom stereocenters. The van der Waals surface area contributed by atoms with Crippen LogP contribution in [0.3, 0.4) is 0 Å². The van der Waals surface area contributed by atoms with Crippen LogP contribution in [0.1, 0.15) is 11.1 Å². The fourth-order valence-corrected chi connectivity index (χ4v) is 2.78. The molecule has 0 aliphatic carbocycles. The maximum absolute atomic E-state index is 12.7. The third-order valence-corrected chi connectivity index (χ3v) is 4.01. The van der Waals surface area contributed by atoms with Crippen molar-refractivity contribution in [1.29, 1.82) is 0 Å². The molecule has 1 aliphatic heterocycles. The van der Waals surface area contributed by atoms with E-state index in [1.54, 1.807) is 18.4 Å². The van der Waals surface area contributed by atoms with Crippen molar-refractivity contribution in [3.8, 4) is 0 Å². The van der Waals surface area contributed by atoms with E-state index in [1.165, 1.54) is 12.1 Å². The fourth-order valence-electron chi connectivity index (χ4n) is 1.88. The number of hydrogen-bond acceptors (Lipinski definition) is 3. The highest BCUT2D eigenvalue weighted by Gasteiger charge is 2.32. The molecule has 1 aromatic rings. The highest BCUT2D eigenvalue weighted by atomic mass is 32.2. The van der Waals surface area contributed by atoms with E-state index in [2.05, 4.69) is 4.99 Å². The predicted molar refractivity (Wildman–Crippen MR) is 75.0 cm³/mol. The van der Waals surface area contributed by atoms with Crippen molar-refractivity contribution in [3.63, 3.8) is 0 Å². The van der Waals surface area contributed by atoms with Crippen molar-refractivity contribution in [3.05, 3.63) is 47.1 Å². The number of rotatable bonds is 2. The van der Waals surface area contributed by atoms with Gasteiger partial charge in [0.15, 0.2) is 9.84 Å². The molecule has 0 fully saturated rings. The third kappa shape index (κ3) is 3.81. The average molecular weight is 315 g/mol. The second-order valence-electron chi connectivity index (χ2n) is 4.59. The topological polar surface area (TPSA) is 46.5 Å². The molecule has 0 saturated carbocycles. The highest BCUT2D eigenvalue weighted by molar-refractivity contribution is 7.90. The molecule has 112 valence electrons. The normalized spacial score (nSPS) is 17.4.